The van der Waals surface area contributed by atoms with Crippen LogP contribution in [-0.4, -0.2) is 24.4 Å². The van der Waals surface area contributed by atoms with Gasteiger partial charge in [0.25, 0.3) is 0 Å². The van der Waals surface area contributed by atoms with Gasteiger partial charge in [0.15, 0.2) is 0 Å². The summed E-state index contributed by atoms with van der Waals surface area (Å²) in [6, 6.07) is 0. The Morgan fingerprint density at radius 2 is 2.23 bits per heavy atom. The van der Waals surface area contributed by atoms with Crippen LogP contribution in [0, 0.1) is 5.92 Å². The van der Waals surface area contributed by atoms with E-state index in [-0.39, 0.29) is 5.22 Å². The van der Waals surface area contributed by atoms with Crippen LogP contribution in [-0.2, 0) is 4.74 Å². The predicted octanol–water partition coefficient (Wildman–Crippen LogP) is 2.07. The molecule has 2 aliphatic rings. The van der Waals surface area contributed by atoms with Crippen molar-refractivity contribution in [3.8, 4) is 0 Å². The summed E-state index contributed by atoms with van der Waals surface area (Å²) in [4.78, 5) is 10.1. The molecule has 2 nitrogen and oxygen atoms in total. The Morgan fingerprint density at radius 3 is 2.69 bits per heavy atom. The van der Waals surface area contributed by atoms with E-state index < -0.39 is 8.32 Å². The second-order valence-corrected chi connectivity index (χ2v) is 9.07. The molecule has 0 radical (unpaired) electrons. The highest BCUT2D eigenvalue weighted by Crippen LogP contribution is 2.54. The van der Waals surface area contributed by atoms with Crippen molar-refractivity contribution in [1.82, 2.24) is 0 Å². The van der Waals surface area contributed by atoms with E-state index in [1.54, 1.807) is 0 Å². The maximum absolute atomic E-state index is 10.1. The molecular formula is C10H20O2Si. The average Bonchev–Trinajstić information content (AvgIpc) is 2.76. The van der Waals surface area contributed by atoms with Crippen LogP contribution < -0.4 is 0 Å². The number of epoxide rings is 1. The number of hydrogen-bond donors (Lipinski definition) is 1. The summed E-state index contributed by atoms with van der Waals surface area (Å²) in [6.07, 6.45) is 5.21. The number of hydrogen-bond acceptors (Lipinski definition) is 2. The lowest BCUT2D eigenvalue weighted by molar-refractivity contribution is 0.317. The molecule has 0 spiro atoms. The van der Waals surface area contributed by atoms with Gasteiger partial charge in [0.1, 0.15) is 5.22 Å². The third-order valence-electron chi connectivity index (χ3n) is 3.90. The van der Waals surface area contributed by atoms with Crippen molar-refractivity contribution in [2.75, 3.05) is 0 Å². The number of rotatable bonds is 2. The van der Waals surface area contributed by atoms with Gasteiger partial charge in [0.05, 0.1) is 6.10 Å². The van der Waals surface area contributed by atoms with Gasteiger partial charge in [-0.3, -0.25) is 0 Å². The zero-order valence-electron chi connectivity index (χ0n) is 8.84. The second-order valence-electron chi connectivity index (χ2n) is 5.10. The van der Waals surface area contributed by atoms with E-state index in [0.717, 1.165) is 12.3 Å². The van der Waals surface area contributed by atoms with Gasteiger partial charge in [0.2, 0.25) is 8.32 Å². The van der Waals surface area contributed by atoms with E-state index in [1.807, 2.05) is 13.1 Å². The summed E-state index contributed by atoms with van der Waals surface area (Å²) >= 11 is 0. The zero-order chi connectivity index (χ0) is 9.69. The van der Waals surface area contributed by atoms with E-state index in [9.17, 15) is 4.80 Å². The molecule has 0 bridgehead atoms. The molecular weight excluding hydrogens is 180 g/mol. The van der Waals surface area contributed by atoms with Crippen molar-refractivity contribution in [2.45, 2.75) is 57.0 Å². The van der Waals surface area contributed by atoms with Crippen molar-refractivity contribution >= 4 is 8.32 Å². The van der Waals surface area contributed by atoms with Crippen LogP contribution in [0.15, 0.2) is 0 Å². The van der Waals surface area contributed by atoms with Gasteiger partial charge >= 0.3 is 0 Å². The van der Waals surface area contributed by atoms with Crippen LogP contribution in [0.2, 0.25) is 13.1 Å². The third kappa shape index (κ3) is 1.37. The van der Waals surface area contributed by atoms with Crippen molar-refractivity contribution in [1.29, 1.82) is 0 Å². The Morgan fingerprint density at radius 1 is 1.54 bits per heavy atom. The molecule has 1 saturated heterocycles. The van der Waals surface area contributed by atoms with Crippen molar-refractivity contribution in [3.63, 3.8) is 0 Å². The molecule has 2 fully saturated rings. The molecule has 3 unspecified atom stereocenters. The topological polar surface area (TPSA) is 32.8 Å². The number of fused-ring (bicyclic) bond motifs is 1. The van der Waals surface area contributed by atoms with Gasteiger partial charge in [-0.2, -0.15) is 0 Å². The molecule has 13 heavy (non-hydrogen) atoms. The largest absolute Gasteiger partial charge is 0.429 e. The predicted molar refractivity (Wildman–Crippen MR) is 54.9 cm³/mol. The van der Waals surface area contributed by atoms with Gasteiger partial charge in [-0.25, -0.2) is 0 Å². The summed E-state index contributed by atoms with van der Waals surface area (Å²) < 4.78 is 5.77. The lowest BCUT2D eigenvalue weighted by Gasteiger charge is -2.30. The molecule has 1 aliphatic carbocycles. The minimum Gasteiger partial charge on any atom is -0.429 e. The first-order chi connectivity index (χ1) is 5.99. The van der Waals surface area contributed by atoms with E-state index in [0.29, 0.717) is 6.10 Å². The van der Waals surface area contributed by atoms with Crippen molar-refractivity contribution in [2.24, 2.45) is 5.92 Å². The highest BCUT2D eigenvalue weighted by atomic mass is 28.4. The Kier molecular flexibility index (Phi) is 2.09. The molecule has 3 heteroatoms. The second kappa shape index (κ2) is 2.81. The van der Waals surface area contributed by atoms with Crippen molar-refractivity contribution in [3.05, 3.63) is 0 Å². The lowest BCUT2D eigenvalue weighted by Crippen LogP contribution is -2.48. The first kappa shape index (κ1) is 9.68. The van der Waals surface area contributed by atoms with Crippen LogP contribution in [0.25, 0.3) is 0 Å². The first-order valence-corrected chi connectivity index (χ1v) is 8.34. The van der Waals surface area contributed by atoms with E-state index in [1.165, 1.54) is 19.3 Å². The standard InChI is InChI=1S/C10H20O2Si/c1-4-8-5-6-10(13(2,3)11)9(7-8)12-10/h8-9,11H,4-7H2,1-3H3. The molecule has 76 valence electrons. The molecule has 1 saturated carbocycles. The molecule has 1 N–H and O–H groups in total. The molecule has 0 amide bonds. The third-order valence-corrected chi connectivity index (χ3v) is 6.66. The highest BCUT2D eigenvalue weighted by molar-refractivity contribution is 6.73. The Bertz CT molecular complexity index is 211. The minimum atomic E-state index is -2.07. The van der Waals surface area contributed by atoms with E-state index >= 15 is 0 Å². The monoisotopic (exact) mass is 200 g/mol. The summed E-state index contributed by atoms with van der Waals surface area (Å²) in [5.74, 6) is 0.844. The lowest BCUT2D eigenvalue weighted by atomic mass is 9.87. The minimum absolute atomic E-state index is 0.0430. The Hall–Kier alpha value is 0.137. The van der Waals surface area contributed by atoms with Crippen LogP contribution in [0.3, 0.4) is 0 Å². The SMILES string of the molecule is CCC1CCC2([Si](C)(C)O)OC2C1. The molecule has 3 atom stereocenters. The molecule has 0 aromatic carbocycles. The average molecular weight is 200 g/mol. The normalized spacial score (nSPS) is 44.3. The quantitative estimate of drug-likeness (QED) is 0.547. The summed E-state index contributed by atoms with van der Waals surface area (Å²) in [6.45, 7) is 6.28. The molecule has 0 aromatic heterocycles. The van der Waals surface area contributed by atoms with Gasteiger partial charge in [-0.1, -0.05) is 13.3 Å². The zero-order valence-corrected chi connectivity index (χ0v) is 9.84. The fourth-order valence-corrected chi connectivity index (χ4v) is 4.82. The summed E-state index contributed by atoms with van der Waals surface area (Å²) in [5, 5.41) is -0.0430. The van der Waals surface area contributed by atoms with Crippen LogP contribution in [0.4, 0.5) is 0 Å². The molecule has 2 rings (SSSR count). The van der Waals surface area contributed by atoms with Crippen LogP contribution >= 0.6 is 0 Å². The first-order valence-electron chi connectivity index (χ1n) is 5.40. The van der Waals surface area contributed by atoms with Crippen LogP contribution in [0.5, 0.6) is 0 Å². The number of ether oxygens (including phenoxy) is 1. The fourth-order valence-electron chi connectivity index (χ4n) is 2.73. The summed E-state index contributed by atoms with van der Waals surface area (Å²) in [7, 11) is -2.07. The molecule has 1 aliphatic heterocycles. The maximum Gasteiger partial charge on any atom is 0.217 e. The van der Waals surface area contributed by atoms with E-state index in [4.69, 9.17) is 4.74 Å². The Balaban J connectivity index is 2.03. The maximum atomic E-state index is 10.1. The fraction of sp³-hybridized carbons (Fsp3) is 1.00. The van der Waals surface area contributed by atoms with Gasteiger partial charge in [-0.05, 0) is 38.3 Å². The smallest absolute Gasteiger partial charge is 0.217 e. The van der Waals surface area contributed by atoms with E-state index in [2.05, 4.69) is 6.92 Å². The van der Waals surface area contributed by atoms with Gasteiger partial charge in [-0.15, -0.1) is 0 Å². The van der Waals surface area contributed by atoms with Crippen molar-refractivity contribution < 1.29 is 9.53 Å². The van der Waals surface area contributed by atoms with Gasteiger partial charge < -0.3 is 9.53 Å². The Labute approximate surface area is 81.4 Å². The highest BCUT2D eigenvalue weighted by Gasteiger charge is 2.67. The van der Waals surface area contributed by atoms with Crippen LogP contribution in [0.1, 0.15) is 32.6 Å². The molecule has 0 aromatic rings. The molecule has 1 heterocycles. The summed E-state index contributed by atoms with van der Waals surface area (Å²) in [5.41, 5.74) is 0. The van der Waals surface area contributed by atoms with Gasteiger partial charge in [0, 0.05) is 0 Å².